The highest BCUT2D eigenvalue weighted by Gasteiger charge is 2.16. The van der Waals surface area contributed by atoms with Crippen molar-refractivity contribution in [2.24, 2.45) is 5.73 Å². The van der Waals surface area contributed by atoms with Crippen molar-refractivity contribution in [3.8, 4) is 11.5 Å². The van der Waals surface area contributed by atoms with E-state index in [1.54, 1.807) is 19.1 Å². The Labute approximate surface area is 82.9 Å². The van der Waals surface area contributed by atoms with E-state index in [1.165, 1.54) is 13.2 Å². The van der Waals surface area contributed by atoms with Crippen molar-refractivity contribution < 1.29 is 14.9 Å². The third kappa shape index (κ3) is 2.16. The molecule has 0 aliphatic heterocycles. The molecule has 0 saturated carbocycles. The fraction of sp³-hybridized carbons (Fsp3) is 0.400. The molecule has 0 saturated heterocycles. The summed E-state index contributed by atoms with van der Waals surface area (Å²) in [5.41, 5.74) is 6.18. The molecular formula is C10H15NO3. The molecule has 4 N–H and O–H groups in total. The summed E-state index contributed by atoms with van der Waals surface area (Å²) < 4.78 is 4.99. The average Bonchev–Trinajstić information content (AvgIpc) is 2.17. The molecule has 1 rings (SSSR count). The predicted molar refractivity (Wildman–Crippen MR) is 53.3 cm³/mol. The molecule has 0 bridgehead atoms. The lowest BCUT2D eigenvalue weighted by atomic mass is 10.0. The third-order valence-electron chi connectivity index (χ3n) is 2.11. The zero-order valence-electron chi connectivity index (χ0n) is 8.27. The van der Waals surface area contributed by atoms with E-state index in [4.69, 9.17) is 10.5 Å². The van der Waals surface area contributed by atoms with Crippen molar-refractivity contribution in [1.82, 2.24) is 0 Å². The minimum atomic E-state index is -0.715. The molecule has 14 heavy (non-hydrogen) atoms. The molecule has 0 aromatic heterocycles. The molecule has 1 aromatic carbocycles. The first kappa shape index (κ1) is 10.8. The van der Waals surface area contributed by atoms with Crippen LogP contribution in [0.15, 0.2) is 18.2 Å². The minimum Gasteiger partial charge on any atom is -0.508 e. The standard InChI is InChI=1S/C10H15NO3/c1-6(12)10(11)8-5-7(14-2)3-4-9(8)13/h3-6,10,12-13H,11H2,1-2H3/t6-,10-/m1/s1. The van der Waals surface area contributed by atoms with Gasteiger partial charge in [0.1, 0.15) is 11.5 Å². The smallest absolute Gasteiger partial charge is 0.120 e. The van der Waals surface area contributed by atoms with Crippen LogP contribution in [-0.2, 0) is 0 Å². The number of hydrogen-bond acceptors (Lipinski definition) is 4. The summed E-state index contributed by atoms with van der Waals surface area (Å²) in [6.45, 7) is 1.57. The Hall–Kier alpha value is -1.26. The van der Waals surface area contributed by atoms with E-state index in [-0.39, 0.29) is 5.75 Å². The summed E-state index contributed by atoms with van der Waals surface area (Å²) in [7, 11) is 1.53. The van der Waals surface area contributed by atoms with E-state index in [9.17, 15) is 10.2 Å². The fourth-order valence-corrected chi connectivity index (χ4v) is 1.19. The molecule has 0 spiro atoms. The topological polar surface area (TPSA) is 75.7 Å². The van der Waals surface area contributed by atoms with E-state index in [2.05, 4.69) is 0 Å². The number of phenols is 1. The summed E-state index contributed by atoms with van der Waals surface area (Å²) >= 11 is 0. The van der Waals surface area contributed by atoms with Crippen molar-refractivity contribution in [1.29, 1.82) is 0 Å². The van der Waals surface area contributed by atoms with Crippen molar-refractivity contribution in [2.45, 2.75) is 19.1 Å². The largest absolute Gasteiger partial charge is 0.508 e. The SMILES string of the molecule is COc1ccc(O)c([C@H](N)[C@@H](C)O)c1. The number of phenolic OH excluding ortho intramolecular Hbond substituents is 1. The third-order valence-corrected chi connectivity index (χ3v) is 2.11. The first-order valence-electron chi connectivity index (χ1n) is 4.36. The van der Waals surface area contributed by atoms with Gasteiger partial charge in [-0.3, -0.25) is 0 Å². The minimum absolute atomic E-state index is 0.0687. The number of nitrogens with two attached hydrogens (primary N) is 1. The highest BCUT2D eigenvalue weighted by Crippen LogP contribution is 2.28. The molecule has 78 valence electrons. The van der Waals surface area contributed by atoms with Gasteiger partial charge in [-0.15, -0.1) is 0 Å². The van der Waals surface area contributed by atoms with Crippen LogP contribution in [0.3, 0.4) is 0 Å². The first-order chi connectivity index (χ1) is 6.56. The van der Waals surface area contributed by atoms with E-state index in [1.807, 2.05) is 0 Å². The van der Waals surface area contributed by atoms with Gasteiger partial charge in [0.05, 0.1) is 19.3 Å². The molecule has 0 heterocycles. The first-order valence-corrected chi connectivity index (χ1v) is 4.36. The number of rotatable bonds is 3. The van der Waals surface area contributed by atoms with E-state index in [0.29, 0.717) is 11.3 Å². The number of aliphatic hydroxyl groups excluding tert-OH is 1. The molecule has 1 aromatic rings. The second kappa shape index (κ2) is 4.30. The van der Waals surface area contributed by atoms with Gasteiger partial charge in [-0.05, 0) is 25.1 Å². The van der Waals surface area contributed by atoms with Gasteiger partial charge >= 0.3 is 0 Å². The molecule has 0 aliphatic carbocycles. The zero-order chi connectivity index (χ0) is 10.7. The normalized spacial score (nSPS) is 14.9. The van der Waals surface area contributed by atoms with Crippen LogP contribution < -0.4 is 10.5 Å². The van der Waals surface area contributed by atoms with Crippen molar-refractivity contribution in [3.05, 3.63) is 23.8 Å². The van der Waals surface area contributed by atoms with E-state index < -0.39 is 12.1 Å². The van der Waals surface area contributed by atoms with Crippen LogP contribution in [0.1, 0.15) is 18.5 Å². The van der Waals surface area contributed by atoms with Crippen LogP contribution in [0.25, 0.3) is 0 Å². The van der Waals surface area contributed by atoms with Gasteiger partial charge in [0, 0.05) is 5.56 Å². The fourth-order valence-electron chi connectivity index (χ4n) is 1.19. The Morgan fingerprint density at radius 1 is 1.43 bits per heavy atom. The highest BCUT2D eigenvalue weighted by molar-refractivity contribution is 5.41. The quantitative estimate of drug-likeness (QED) is 0.669. The van der Waals surface area contributed by atoms with E-state index >= 15 is 0 Å². The van der Waals surface area contributed by atoms with Crippen LogP contribution in [0.5, 0.6) is 11.5 Å². The van der Waals surface area contributed by atoms with Crippen molar-refractivity contribution in [2.75, 3.05) is 7.11 Å². The number of aromatic hydroxyl groups is 1. The summed E-state index contributed by atoms with van der Waals surface area (Å²) in [5.74, 6) is 0.674. The second-order valence-electron chi connectivity index (χ2n) is 3.19. The summed E-state index contributed by atoms with van der Waals surface area (Å²) in [6, 6.07) is 4.14. The Morgan fingerprint density at radius 3 is 2.57 bits per heavy atom. The molecule has 0 radical (unpaired) electrons. The Kier molecular flexibility index (Phi) is 3.33. The van der Waals surface area contributed by atoms with Crippen molar-refractivity contribution in [3.63, 3.8) is 0 Å². The predicted octanol–water partition coefficient (Wildman–Crippen LogP) is 0.781. The maximum atomic E-state index is 9.50. The van der Waals surface area contributed by atoms with Gasteiger partial charge in [0.2, 0.25) is 0 Å². The summed E-state index contributed by atoms with van der Waals surface area (Å²) in [5, 5.41) is 18.8. The van der Waals surface area contributed by atoms with Crippen LogP contribution in [0.4, 0.5) is 0 Å². The second-order valence-corrected chi connectivity index (χ2v) is 3.19. The maximum absolute atomic E-state index is 9.50. The van der Waals surface area contributed by atoms with Crippen molar-refractivity contribution >= 4 is 0 Å². The molecule has 0 unspecified atom stereocenters. The molecule has 0 fully saturated rings. The number of benzene rings is 1. The number of ether oxygens (including phenoxy) is 1. The number of hydrogen-bond donors (Lipinski definition) is 3. The number of methoxy groups -OCH3 is 1. The zero-order valence-corrected chi connectivity index (χ0v) is 8.27. The molecule has 0 amide bonds. The Bertz CT molecular complexity index is 312. The highest BCUT2D eigenvalue weighted by atomic mass is 16.5. The molecule has 4 nitrogen and oxygen atoms in total. The lowest BCUT2D eigenvalue weighted by Gasteiger charge is -2.17. The summed E-state index contributed by atoms with van der Waals surface area (Å²) in [6.07, 6.45) is -0.715. The monoisotopic (exact) mass is 197 g/mol. The Morgan fingerprint density at radius 2 is 2.07 bits per heavy atom. The van der Waals surface area contributed by atoms with Gasteiger partial charge < -0.3 is 20.7 Å². The van der Waals surface area contributed by atoms with Crippen LogP contribution in [0.2, 0.25) is 0 Å². The van der Waals surface area contributed by atoms with Gasteiger partial charge in [-0.1, -0.05) is 0 Å². The van der Waals surface area contributed by atoms with Gasteiger partial charge in [0.25, 0.3) is 0 Å². The number of aliphatic hydroxyl groups is 1. The van der Waals surface area contributed by atoms with Crippen LogP contribution >= 0.6 is 0 Å². The Balaban J connectivity index is 3.05. The molecule has 0 aliphatic rings. The molecular weight excluding hydrogens is 182 g/mol. The molecule has 2 atom stereocenters. The average molecular weight is 197 g/mol. The van der Waals surface area contributed by atoms with Crippen LogP contribution in [-0.4, -0.2) is 23.4 Å². The lowest BCUT2D eigenvalue weighted by Crippen LogP contribution is -2.23. The molecule has 4 heteroatoms. The lowest BCUT2D eigenvalue weighted by molar-refractivity contribution is 0.162. The maximum Gasteiger partial charge on any atom is 0.120 e. The van der Waals surface area contributed by atoms with E-state index in [0.717, 1.165) is 0 Å². The van der Waals surface area contributed by atoms with Gasteiger partial charge in [0.15, 0.2) is 0 Å². The van der Waals surface area contributed by atoms with Gasteiger partial charge in [-0.25, -0.2) is 0 Å². The van der Waals surface area contributed by atoms with Gasteiger partial charge in [-0.2, -0.15) is 0 Å². The van der Waals surface area contributed by atoms with Crippen LogP contribution in [0, 0.1) is 0 Å². The summed E-state index contributed by atoms with van der Waals surface area (Å²) in [4.78, 5) is 0.